The van der Waals surface area contributed by atoms with Gasteiger partial charge in [0.1, 0.15) is 17.9 Å². The Hall–Kier alpha value is -3.65. The zero-order valence-corrected chi connectivity index (χ0v) is 18.4. The van der Waals surface area contributed by atoms with Crippen LogP contribution in [0.2, 0.25) is 0 Å². The van der Waals surface area contributed by atoms with Gasteiger partial charge in [0.05, 0.1) is 32.6 Å². The van der Waals surface area contributed by atoms with Gasteiger partial charge in [-0.15, -0.1) is 0 Å². The summed E-state index contributed by atoms with van der Waals surface area (Å²) in [7, 11) is 4.20. The zero-order valence-electron chi connectivity index (χ0n) is 18.4. The Balaban J connectivity index is 2.19. The molecule has 8 heteroatoms. The molecule has 0 bridgehead atoms. The first-order chi connectivity index (χ1) is 15.3. The number of aliphatic hydroxyl groups is 1. The molecule has 1 aliphatic heterocycles. The molecule has 168 valence electrons. The predicted octanol–water partition coefficient (Wildman–Crippen LogP) is 2.45. The van der Waals surface area contributed by atoms with Gasteiger partial charge in [-0.05, 0) is 61.0 Å². The van der Waals surface area contributed by atoms with E-state index in [2.05, 4.69) is 4.74 Å². The van der Waals surface area contributed by atoms with E-state index in [1.807, 2.05) is 0 Å². The number of methoxy groups -OCH3 is 3. The molecule has 0 aliphatic carbocycles. The Bertz CT molecular complexity index is 1060. The highest BCUT2D eigenvalue weighted by Gasteiger charge is 2.54. The fourth-order valence-electron chi connectivity index (χ4n) is 3.77. The lowest BCUT2D eigenvalue weighted by atomic mass is 9.94. The normalized spacial score (nSPS) is 18.0. The van der Waals surface area contributed by atoms with Gasteiger partial charge >= 0.3 is 5.97 Å². The molecule has 2 aromatic rings. The van der Waals surface area contributed by atoms with E-state index in [4.69, 9.17) is 9.47 Å². The Morgan fingerprint density at radius 3 is 1.94 bits per heavy atom. The standard InChI is InChI=1S/C24H25NO7/c1-5-25-21(15-6-10-17(30-2)11-7-15)20(23(28)24(25,29)14-19(26)32-4)22(27)16-8-12-18(31-3)13-9-16/h6-13,29H,5,14H2,1-4H3. The minimum Gasteiger partial charge on any atom is -0.497 e. The maximum Gasteiger partial charge on any atom is 0.310 e. The maximum absolute atomic E-state index is 13.5. The van der Waals surface area contributed by atoms with Gasteiger partial charge in [0.25, 0.3) is 0 Å². The van der Waals surface area contributed by atoms with Crippen LogP contribution in [-0.2, 0) is 14.3 Å². The number of ether oxygens (including phenoxy) is 3. The van der Waals surface area contributed by atoms with Crippen LogP contribution in [-0.4, -0.2) is 61.1 Å². The van der Waals surface area contributed by atoms with Crippen LogP contribution in [0.4, 0.5) is 0 Å². The second kappa shape index (κ2) is 9.23. The first kappa shape index (κ1) is 23.0. The summed E-state index contributed by atoms with van der Waals surface area (Å²) in [5, 5.41) is 11.3. The number of Topliss-reactive ketones (excluding diaryl/α,β-unsaturated/α-hetero) is 2. The van der Waals surface area contributed by atoms with Gasteiger partial charge in [0, 0.05) is 12.1 Å². The van der Waals surface area contributed by atoms with Crippen molar-refractivity contribution in [2.24, 2.45) is 0 Å². The van der Waals surface area contributed by atoms with Crippen molar-refractivity contribution in [1.82, 2.24) is 4.90 Å². The molecule has 1 N–H and O–H groups in total. The lowest BCUT2D eigenvalue weighted by Crippen LogP contribution is -2.51. The SMILES string of the molecule is CCN1C(c2ccc(OC)cc2)=C(C(=O)c2ccc(OC)cc2)C(=O)C1(O)CC(=O)OC. The molecule has 0 saturated carbocycles. The number of hydrogen-bond acceptors (Lipinski definition) is 8. The van der Waals surface area contributed by atoms with Crippen molar-refractivity contribution in [3.63, 3.8) is 0 Å². The predicted molar refractivity (Wildman–Crippen MR) is 116 cm³/mol. The van der Waals surface area contributed by atoms with Gasteiger partial charge in [-0.3, -0.25) is 14.4 Å². The second-order valence-corrected chi connectivity index (χ2v) is 7.15. The van der Waals surface area contributed by atoms with Crippen LogP contribution in [0.1, 0.15) is 29.3 Å². The number of likely N-dealkylation sites (N-methyl/N-ethyl adjacent to an activating group) is 1. The number of hydrogen-bond donors (Lipinski definition) is 1. The third-order valence-electron chi connectivity index (χ3n) is 5.42. The highest BCUT2D eigenvalue weighted by molar-refractivity contribution is 6.34. The van der Waals surface area contributed by atoms with Gasteiger partial charge in [-0.2, -0.15) is 0 Å². The zero-order chi connectivity index (χ0) is 23.5. The fourth-order valence-corrected chi connectivity index (χ4v) is 3.77. The lowest BCUT2D eigenvalue weighted by Gasteiger charge is -2.34. The van der Waals surface area contributed by atoms with E-state index in [0.29, 0.717) is 17.1 Å². The number of ketones is 2. The van der Waals surface area contributed by atoms with Crippen LogP contribution in [0, 0.1) is 0 Å². The average Bonchev–Trinajstić information content (AvgIpc) is 3.04. The number of esters is 1. The molecule has 2 aromatic carbocycles. The highest BCUT2D eigenvalue weighted by Crippen LogP contribution is 2.42. The molecule has 32 heavy (non-hydrogen) atoms. The third-order valence-corrected chi connectivity index (χ3v) is 5.42. The van der Waals surface area contributed by atoms with Crippen LogP contribution in [0.5, 0.6) is 11.5 Å². The molecular weight excluding hydrogens is 414 g/mol. The van der Waals surface area contributed by atoms with Crippen LogP contribution in [0.25, 0.3) is 5.70 Å². The molecule has 1 atom stereocenters. The summed E-state index contributed by atoms with van der Waals surface area (Å²) in [4.78, 5) is 40.3. The van der Waals surface area contributed by atoms with Crippen molar-refractivity contribution in [1.29, 1.82) is 0 Å². The van der Waals surface area contributed by atoms with E-state index in [0.717, 1.165) is 0 Å². The molecule has 1 unspecified atom stereocenters. The van der Waals surface area contributed by atoms with Crippen molar-refractivity contribution in [2.45, 2.75) is 19.1 Å². The molecule has 0 radical (unpaired) electrons. The van der Waals surface area contributed by atoms with Gasteiger partial charge in [-0.25, -0.2) is 0 Å². The van der Waals surface area contributed by atoms with Crippen molar-refractivity contribution in [3.8, 4) is 11.5 Å². The molecule has 0 spiro atoms. The minimum atomic E-state index is -2.24. The lowest BCUT2D eigenvalue weighted by molar-refractivity contribution is -0.161. The molecule has 0 saturated heterocycles. The Morgan fingerprint density at radius 1 is 0.938 bits per heavy atom. The molecule has 1 aliphatic rings. The van der Waals surface area contributed by atoms with Crippen molar-refractivity contribution in [3.05, 3.63) is 65.2 Å². The van der Waals surface area contributed by atoms with E-state index in [1.165, 1.54) is 26.2 Å². The number of benzene rings is 2. The Labute approximate surface area is 186 Å². The summed E-state index contributed by atoms with van der Waals surface area (Å²) in [5.74, 6) is -1.04. The Kier molecular flexibility index (Phi) is 6.64. The molecule has 0 aromatic heterocycles. The van der Waals surface area contributed by atoms with E-state index >= 15 is 0 Å². The highest BCUT2D eigenvalue weighted by atomic mass is 16.5. The van der Waals surface area contributed by atoms with E-state index < -0.39 is 29.7 Å². The summed E-state index contributed by atoms with van der Waals surface area (Å²) in [6, 6.07) is 13.1. The van der Waals surface area contributed by atoms with E-state index in [1.54, 1.807) is 55.5 Å². The van der Waals surface area contributed by atoms with Gasteiger partial charge < -0.3 is 24.2 Å². The number of carbonyl (C=O) groups is 3. The van der Waals surface area contributed by atoms with E-state index in [9.17, 15) is 19.5 Å². The summed E-state index contributed by atoms with van der Waals surface area (Å²) in [5.41, 5.74) is -1.42. The number of carbonyl (C=O) groups excluding carboxylic acids is 3. The minimum absolute atomic E-state index is 0.167. The molecule has 1 heterocycles. The summed E-state index contributed by atoms with van der Waals surface area (Å²) < 4.78 is 15.0. The van der Waals surface area contributed by atoms with Crippen molar-refractivity contribution < 1.29 is 33.7 Å². The average molecular weight is 439 g/mol. The van der Waals surface area contributed by atoms with Gasteiger partial charge in [0.2, 0.25) is 11.5 Å². The van der Waals surface area contributed by atoms with Crippen molar-refractivity contribution >= 4 is 23.2 Å². The molecule has 0 fully saturated rings. The topological polar surface area (TPSA) is 102 Å². The number of nitrogens with zero attached hydrogens (tertiary/aromatic N) is 1. The van der Waals surface area contributed by atoms with Crippen LogP contribution in [0.3, 0.4) is 0 Å². The molecule has 8 nitrogen and oxygen atoms in total. The smallest absolute Gasteiger partial charge is 0.310 e. The molecule has 3 rings (SSSR count). The van der Waals surface area contributed by atoms with Crippen LogP contribution < -0.4 is 9.47 Å². The Morgan fingerprint density at radius 2 is 1.47 bits per heavy atom. The first-order valence-electron chi connectivity index (χ1n) is 9.99. The fraction of sp³-hybridized carbons (Fsp3) is 0.292. The third kappa shape index (κ3) is 3.97. The first-order valence-corrected chi connectivity index (χ1v) is 9.99. The van der Waals surface area contributed by atoms with E-state index in [-0.39, 0.29) is 23.4 Å². The van der Waals surface area contributed by atoms with Crippen molar-refractivity contribution in [2.75, 3.05) is 27.9 Å². The summed E-state index contributed by atoms with van der Waals surface area (Å²) in [6.07, 6.45) is -0.616. The van der Waals surface area contributed by atoms with Crippen LogP contribution >= 0.6 is 0 Å². The van der Waals surface area contributed by atoms with Gasteiger partial charge in [0.15, 0.2) is 5.78 Å². The maximum atomic E-state index is 13.5. The van der Waals surface area contributed by atoms with Gasteiger partial charge in [-0.1, -0.05) is 0 Å². The molecular formula is C24H25NO7. The monoisotopic (exact) mass is 439 g/mol. The quantitative estimate of drug-likeness (QED) is 0.380. The molecule has 0 amide bonds. The van der Waals surface area contributed by atoms with Crippen LogP contribution in [0.15, 0.2) is 54.1 Å². The summed E-state index contributed by atoms with van der Waals surface area (Å²) in [6.45, 7) is 1.89. The largest absolute Gasteiger partial charge is 0.497 e. The second-order valence-electron chi connectivity index (χ2n) is 7.15. The summed E-state index contributed by atoms with van der Waals surface area (Å²) >= 11 is 0. The number of rotatable bonds is 8.